The number of carbonyl (C=O) groups excluding carboxylic acids is 4. The number of nitrogens with one attached hydrogen (secondary N) is 3. The number of carboxylic acid groups (broad SMARTS) is 1. The maximum absolute atomic E-state index is 14.0. The molecular formula is C28H36F2N4O8. The minimum absolute atomic E-state index is 0.0992. The lowest BCUT2D eigenvalue weighted by Gasteiger charge is -2.35. The van der Waals surface area contributed by atoms with E-state index in [1.54, 1.807) is 34.6 Å². The Bertz CT molecular complexity index is 1250. The summed E-state index contributed by atoms with van der Waals surface area (Å²) < 4.78 is 38.5. The van der Waals surface area contributed by atoms with E-state index >= 15 is 0 Å². The van der Waals surface area contributed by atoms with Gasteiger partial charge in [0.05, 0.1) is 12.6 Å². The fraction of sp³-hybridized carbons (Fsp3) is 0.536. The highest BCUT2D eigenvalue weighted by Gasteiger charge is 2.61. The van der Waals surface area contributed by atoms with Crippen molar-refractivity contribution in [3.8, 4) is 0 Å². The Kier molecular flexibility index (Phi) is 9.48. The van der Waals surface area contributed by atoms with E-state index in [2.05, 4.69) is 17.2 Å². The van der Waals surface area contributed by atoms with Crippen molar-refractivity contribution >= 4 is 35.7 Å². The molecule has 14 heteroatoms. The molecule has 0 bridgehead atoms. The predicted molar refractivity (Wildman–Crippen MR) is 145 cm³/mol. The molecule has 5 atom stereocenters. The third kappa shape index (κ3) is 7.15. The first-order valence-corrected chi connectivity index (χ1v) is 13.4. The molecule has 4 N–H and O–H groups in total. The lowest BCUT2D eigenvalue weighted by molar-refractivity contribution is -0.146. The van der Waals surface area contributed by atoms with E-state index in [1.807, 2.05) is 5.32 Å². The zero-order valence-electron chi connectivity index (χ0n) is 24.0. The van der Waals surface area contributed by atoms with Crippen LogP contribution < -0.4 is 16.0 Å². The number of para-hydroxylation sites is 1. The second-order valence-electron chi connectivity index (χ2n) is 11.7. The van der Waals surface area contributed by atoms with Gasteiger partial charge in [0.1, 0.15) is 41.0 Å². The number of nitrogens with zero attached hydrogens (tertiary/aromatic N) is 1. The molecule has 1 aliphatic heterocycles. The van der Waals surface area contributed by atoms with Crippen molar-refractivity contribution in [1.82, 2.24) is 15.5 Å². The van der Waals surface area contributed by atoms with Crippen LogP contribution >= 0.6 is 0 Å². The minimum Gasteiger partial charge on any atom is -0.479 e. The van der Waals surface area contributed by atoms with Crippen LogP contribution in [0.1, 0.15) is 47.5 Å². The summed E-state index contributed by atoms with van der Waals surface area (Å²) in [6.07, 6.45) is -2.46. The van der Waals surface area contributed by atoms with Gasteiger partial charge in [-0.2, -0.15) is 0 Å². The van der Waals surface area contributed by atoms with Gasteiger partial charge in [-0.3, -0.25) is 14.9 Å². The van der Waals surface area contributed by atoms with Gasteiger partial charge >= 0.3 is 18.2 Å². The van der Waals surface area contributed by atoms with Crippen molar-refractivity contribution in [3.05, 3.63) is 42.5 Å². The molecule has 12 nitrogen and oxygen atoms in total. The van der Waals surface area contributed by atoms with Gasteiger partial charge in [0.25, 0.3) is 0 Å². The van der Waals surface area contributed by atoms with E-state index in [-0.39, 0.29) is 19.4 Å². The summed E-state index contributed by atoms with van der Waals surface area (Å²) >= 11 is 0. The van der Waals surface area contributed by atoms with Gasteiger partial charge in [-0.15, -0.1) is 6.58 Å². The van der Waals surface area contributed by atoms with Crippen LogP contribution in [-0.4, -0.2) is 76.4 Å². The van der Waals surface area contributed by atoms with Crippen molar-refractivity contribution in [1.29, 1.82) is 0 Å². The Morgan fingerprint density at radius 2 is 1.76 bits per heavy atom. The topological polar surface area (TPSA) is 163 Å². The van der Waals surface area contributed by atoms with Gasteiger partial charge in [-0.05, 0) is 37.8 Å². The molecule has 230 valence electrons. The van der Waals surface area contributed by atoms with E-state index in [0.29, 0.717) is 0 Å². The molecule has 1 aromatic rings. The summed E-state index contributed by atoms with van der Waals surface area (Å²) in [6, 6.07) is 0.476. The molecule has 1 saturated carbocycles. The number of halogens is 2. The molecular weight excluding hydrogens is 558 g/mol. The zero-order valence-corrected chi connectivity index (χ0v) is 24.0. The zero-order chi connectivity index (χ0) is 31.6. The molecule has 4 amide bonds. The second kappa shape index (κ2) is 12.3. The molecule has 3 rings (SSSR count). The number of benzene rings is 1. The SMILES string of the molecule is C=CC1CC1(NC(=O)[C@@H]1C[C@@H](OC(=O)Nc2c(F)cccc2F)CN1C(=O)[C@@H](NC(=O)OC(C)C)C(C)(C)C)C(=O)O. The van der Waals surface area contributed by atoms with Crippen molar-refractivity contribution in [3.63, 3.8) is 0 Å². The van der Waals surface area contributed by atoms with Crippen LogP contribution in [0.4, 0.5) is 24.1 Å². The number of likely N-dealkylation sites (tertiary alicyclic amines) is 1. The summed E-state index contributed by atoms with van der Waals surface area (Å²) in [6.45, 7) is 11.5. The number of carboxylic acids is 1. The molecule has 0 spiro atoms. The average Bonchev–Trinajstić information content (AvgIpc) is 3.43. The van der Waals surface area contributed by atoms with Crippen molar-refractivity contribution < 1.29 is 47.3 Å². The number of anilines is 1. The molecule has 1 aromatic carbocycles. The Labute approximate surface area is 241 Å². The first-order valence-electron chi connectivity index (χ1n) is 13.4. The lowest BCUT2D eigenvalue weighted by Crippen LogP contribution is -2.59. The highest BCUT2D eigenvalue weighted by molar-refractivity contribution is 5.96. The Balaban J connectivity index is 1.86. The molecule has 2 unspecified atom stereocenters. The van der Waals surface area contributed by atoms with E-state index < -0.39 is 88.5 Å². The second-order valence-corrected chi connectivity index (χ2v) is 11.7. The fourth-order valence-electron chi connectivity index (χ4n) is 4.77. The quantitative estimate of drug-likeness (QED) is 0.317. The van der Waals surface area contributed by atoms with E-state index in [0.717, 1.165) is 23.1 Å². The van der Waals surface area contributed by atoms with Gasteiger partial charge in [0.2, 0.25) is 11.8 Å². The monoisotopic (exact) mass is 594 g/mol. The highest BCUT2D eigenvalue weighted by Crippen LogP contribution is 2.45. The Morgan fingerprint density at radius 1 is 1.14 bits per heavy atom. The molecule has 1 heterocycles. The summed E-state index contributed by atoms with van der Waals surface area (Å²) in [5.74, 6) is -5.43. The predicted octanol–water partition coefficient (Wildman–Crippen LogP) is 3.18. The van der Waals surface area contributed by atoms with E-state index in [9.17, 15) is 37.9 Å². The summed E-state index contributed by atoms with van der Waals surface area (Å²) in [5.41, 5.74) is -3.22. The van der Waals surface area contributed by atoms with Crippen molar-refractivity contribution in [2.45, 2.75) is 77.3 Å². The van der Waals surface area contributed by atoms with Gasteiger partial charge in [0.15, 0.2) is 0 Å². The number of carbonyl (C=O) groups is 5. The smallest absolute Gasteiger partial charge is 0.412 e. The Hall–Kier alpha value is -4.23. The minimum atomic E-state index is -1.60. The number of amides is 4. The number of aliphatic carboxylic acids is 1. The van der Waals surface area contributed by atoms with Crippen molar-refractivity contribution in [2.24, 2.45) is 11.3 Å². The fourth-order valence-corrected chi connectivity index (χ4v) is 4.77. The van der Waals surface area contributed by atoms with Crippen LogP contribution in [0.2, 0.25) is 0 Å². The molecule has 2 aliphatic rings. The van der Waals surface area contributed by atoms with Gasteiger partial charge in [0, 0.05) is 12.3 Å². The number of ether oxygens (including phenoxy) is 2. The van der Waals surface area contributed by atoms with Gasteiger partial charge in [-0.1, -0.05) is 32.9 Å². The van der Waals surface area contributed by atoms with Crippen molar-refractivity contribution in [2.75, 3.05) is 11.9 Å². The summed E-state index contributed by atoms with van der Waals surface area (Å²) in [4.78, 5) is 65.3. The number of rotatable bonds is 9. The normalized spacial score (nSPS) is 23.9. The summed E-state index contributed by atoms with van der Waals surface area (Å²) in [7, 11) is 0. The van der Waals surface area contributed by atoms with Crippen LogP contribution in [0, 0.1) is 23.0 Å². The van der Waals surface area contributed by atoms with Crippen LogP contribution in [0.3, 0.4) is 0 Å². The average molecular weight is 595 g/mol. The third-order valence-electron chi connectivity index (χ3n) is 7.06. The maximum Gasteiger partial charge on any atom is 0.412 e. The maximum atomic E-state index is 14.0. The highest BCUT2D eigenvalue weighted by atomic mass is 19.1. The Morgan fingerprint density at radius 3 is 2.26 bits per heavy atom. The largest absolute Gasteiger partial charge is 0.479 e. The van der Waals surface area contributed by atoms with Gasteiger partial charge < -0.3 is 30.1 Å². The van der Waals surface area contributed by atoms with Crippen LogP contribution in [0.5, 0.6) is 0 Å². The molecule has 1 saturated heterocycles. The first kappa shape index (κ1) is 32.3. The molecule has 2 fully saturated rings. The standard InChI is InChI=1S/C28H36F2N4O8/c1-7-15-12-28(15,24(37)38)33-22(35)19-11-16(42-25(39)31-20-17(29)9-8-10-18(20)30)13-34(19)23(36)21(27(4,5)6)32-26(40)41-14(2)3/h7-10,14-16,19,21H,1,11-13H2,2-6H3,(H,31,39)(H,32,40)(H,33,35)(H,37,38)/t15?,16-,19+,21-,28?/m1/s1. The third-order valence-corrected chi connectivity index (χ3v) is 7.06. The van der Waals surface area contributed by atoms with Gasteiger partial charge in [-0.25, -0.2) is 23.2 Å². The van der Waals surface area contributed by atoms with Crippen LogP contribution in [-0.2, 0) is 23.9 Å². The van der Waals surface area contributed by atoms with E-state index in [1.165, 1.54) is 6.08 Å². The molecule has 0 aromatic heterocycles. The number of alkyl carbamates (subject to hydrolysis) is 1. The molecule has 0 radical (unpaired) electrons. The first-order chi connectivity index (χ1) is 19.5. The molecule has 42 heavy (non-hydrogen) atoms. The summed E-state index contributed by atoms with van der Waals surface area (Å²) in [5, 5.41) is 16.8. The number of hydrogen-bond acceptors (Lipinski definition) is 7. The number of hydrogen-bond donors (Lipinski definition) is 4. The van der Waals surface area contributed by atoms with Crippen LogP contribution in [0.15, 0.2) is 30.9 Å². The lowest BCUT2D eigenvalue weighted by atomic mass is 9.85. The van der Waals surface area contributed by atoms with E-state index in [4.69, 9.17) is 9.47 Å². The molecule has 1 aliphatic carbocycles. The van der Waals surface area contributed by atoms with Crippen LogP contribution in [0.25, 0.3) is 0 Å².